The molecule has 6 nitrogen and oxygen atoms in total. The standard InChI is InChI=1S/C10H12O6S.Mg.2H/c1-10(17(13,14)15)5-7(11)6-3-2-4-16-8(6)9(10)12;;;/h2-5H2,1H3,(H,13,14,15);;;/q;+2;2*-1. The Hall–Kier alpha value is -0.444. The van der Waals surface area contributed by atoms with Gasteiger partial charge in [-0.25, -0.2) is 0 Å². The molecule has 2 aliphatic rings. The normalized spacial score (nSPS) is 28.3. The van der Waals surface area contributed by atoms with Gasteiger partial charge >= 0.3 is 23.1 Å². The van der Waals surface area contributed by atoms with E-state index in [2.05, 4.69) is 0 Å². The Labute approximate surface area is 124 Å². The van der Waals surface area contributed by atoms with Gasteiger partial charge in [-0.1, -0.05) is 0 Å². The fraction of sp³-hybridized carbons (Fsp3) is 0.600. The molecule has 0 aromatic rings. The number of hydrogen-bond donors (Lipinski definition) is 1. The summed E-state index contributed by atoms with van der Waals surface area (Å²) in [5, 5.41) is 0. The van der Waals surface area contributed by atoms with Crippen molar-refractivity contribution < 1.29 is 30.1 Å². The van der Waals surface area contributed by atoms with Gasteiger partial charge in [0.05, 0.1) is 6.61 Å². The van der Waals surface area contributed by atoms with E-state index in [1.54, 1.807) is 0 Å². The van der Waals surface area contributed by atoms with Gasteiger partial charge in [0.25, 0.3) is 10.1 Å². The molecule has 1 unspecified atom stereocenters. The molecule has 0 aromatic heterocycles. The average Bonchev–Trinajstić information content (AvgIpc) is 2.25. The van der Waals surface area contributed by atoms with Gasteiger partial charge < -0.3 is 7.59 Å². The Morgan fingerprint density at radius 1 is 1.39 bits per heavy atom. The second-order valence-corrected chi connectivity index (χ2v) is 6.25. The molecular weight excluding hydrogens is 272 g/mol. The maximum absolute atomic E-state index is 12.0. The van der Waals surface area contributed by atoms with E-state index in [1.165, 1.54) is 0 Å². The zero-order valence-corrected chi connectivity index (χ0v) is 12.2. The molecule has 0 amide bonds. The number of allylic oxidation sites excluding steroid dienone is 2. The zero-order chi connectivity index (χ0) is 12.8. The molecule has 2 rings (SSSR count). The van der Waals surface area contributed by atoms with E-state index in [-0.39, 0.29) is 43.8 Å². The van der Waals surface area contributed by atoms with Gasteiger partial charge in [0.2, 0.25) is 5.78 Å². The predicted molar refractivity (Wildman–Crippen MR) is 64.8 cm³/mol. The fourth-order valence-electron chi connectivity index (χ4n) is 2.03. The maximum atomic E-state index is 12.0. The van der Waals surface area contributed by atoms with Crippen LogP contribution in [0.5, 0.6) is 0 Å². The number of ketones is 2. The van der Waals surface area contributed by atoms with E-state index >= 15 is 0 Å². The van der Waals surface area contributed by atoms with Gasteiger partial charge in [-0.3, -0.25) is 14.1 Å². The number of hydrogen-bond acceptors (Lipinski definition) is 5. The maximum Gasteiger partial charge on any atom is 2.00 e. The summed E-state index contributed by atoms with van der Waals surface area (Å²) in [6.07, 6.45) is 0.523. The van der Waals surface area contributed by atoms with Crippen LogP contribution in [-0.2, 0) is 24.4 Å². The molecule has 1 aliphatic carbocycles. The molecule has 1 atom stereocenters. The molecule has 18 heavy (non-hydrogen) atoms. The van der Waals surface area contributed by atoms with Crippen LogP contribution < -0.4 is 0 Å². The summed E-state index contributed by atoms with van der Waals surface area (Å²) in [6.45, 7) is 1.32. The number of ether oxygens (including phenoxy) is 1. The SMILES string of the molecule is CC1(S(=O)(=O)O)CC(=O)C2=C(OCCC2)C1=O.[H-].[H-].[Mg+2]. The second kappa shape index (κ2) is 4.91. The van der Waals surface area contributed by atoms with E-state index in [9.17, 15) is 18.0 Å². The van der Waals surface area contributed by atoms with Crippen molar-refractivity contribution >= 4 is 44.7 Å². The number of Topliss-reactive ketones (excluding diaryl/α,β-unsaturated/α-hetero) is 2. The Bertz CT molecular complexity index is 544. The van der Waals surface area contributed by atoms with E-state index in [0.29, 0.717) is 12.8 Å². The molecule has 1 N–H and O–H groups in total. The molecule has 0 aromatic carbocycles. The van der Waals surface area contributed by atoms with Crippen molar-refractivity contribution in [3.8, 4) is 0 Å². The quantitative estimate of drug-likeness (QED) is 0.542. The van der Waals surface area contributed by atoms with Crippen molar-refractivity contribution in [1.29, 1.82) is 0 Å². The van der Waals surface area contributed by atoms with Gasteiger partial charge in [-0.05, 0) is 19.8 Å². The first-order valence-electron chi connectivity index (χ1n) is 5.18. The minimum absolute atomic E-state index is 0. The fourth-order valence-corrected chi connectivity index (χ4v) is 2.67. The van der Waals surface area contributed by atoms with Gasteiger partial charge in [0.1, 0.15) is 0 Å². The molecule has 0 saturated carbocycles. The number of carbonyl (C=O) groups is 2. The van der Waals surface area contributed by atoms with E-state index < -0.39 is 32.9 Å². The molecular formula is C10H14MgO6S. The third-order valence-electron chi connectivity index (χ3n) is 3.18. The zero-order valence-electron chi connectivity index (χ0n) is 11.9. The first kappa shape index (κ1) is 15.6. The monoisotopic (exact) mass is 286 g/mol. The molecule has 0 saturated heterocycles. The van der Waals surface area contributed by atoms with E-state index in [4.69, 9.17) is 9.29 Å². The third-order valence-corrected chi connectivity index (χ3v) is 4.65. The van der Waals surface area contributed by atoms with Crippen molar-refractivity contribution in [1.82, 2.24) is 0 Å². The van der Waals surface area contributed by atoms with E-state index in [1.807, 2.05) is 0 Å². The smallest absolute Gasteiger partial charge is 1.00 e. The molecule has 8 heteroatoms. The first-order valence-corrected chi connectivity index (χ1v) is 6.62. The molecule has 0 spiro atoms. The van der Waals surface area contributed by atoms with Gasteiger partial charge in [-0.2, -0.15) is 8.42 Å². The largest absolute Gasteiger partial charge is 2.00 e. The van der Waals surface area contributed by atoms with Crippen molar-refractivity contribution in [3.63, 3.8) is 0 Å². The second-order valence-electron chi connectivity index (χ2n) is 4.39. The molecule has 98 valence electrons. The summed E-state index contributed by atoms with van der Waals surface area (Å²) in [5.41, 5.74) is 0.252. The van der Waals surface area contributed by atoms with Crippen LogP contribution in [0, 0.1) is 0 Å². The van der Waals surface area contributed by atoms with Gasteiger partial charge in [0.15, 0.2) is 16.3 Å². The number of carbonyl (C=O) groups excluding carboxylic acids is 2. The summed E-state index contributed by atoms with van der Waals surface area (Å²) in [6, 6.07) is 0. The van der Waals surface area contributed by atoms with Crippen molar-refractivity contribution in [3.05, 3.63) is 11.3 Å². The van der Waals surface area contributed by atoms with Crippen LogP contribution in [0.1, 0.15) is 29.0 Å². The van der Waals surface area contributed by atoms with Gasteiger partial charge in [0, 0.05) is 12.0 Å². The van der Waals surface area contributed by atoms with Crippen LogP contribution in [0.2, 0.25) is 0 Å². The number of rotatable bonds is 1. The molecule has 0 fully saturated rings. The third kappa shape index (κ3) is 2.22. The van der Waals surface area contributed by atoms with Crippen LogP contribution in [0.25, 0.3) is 0 Å². The van der Waals surface area contributed by atoms with Crippen LogP contribution in [0.3, 0.4) is 0 Å². The average molecular weight is 287 g/mol. The van der Waals surface area contributed by atoms with Crippen LogP contribution in [-0.4, -0.2) is 58.9 Å². The Kier molecular flexibility index (Phi) is 4.26. The Morgan fingerprint density at radius 2 is 2.00 bits per heavy atom. The van der Waals surface area contributed by atoms with Crippen molar-refractivity contribution in [2.75, 3.05) is 6.61 Å². The summed E-state index contributed by atoms with van der Waals surface area (Å²) in [5.74, 6) is -1.46. The predicted octanol–water partition coefficient (Wildman–Crippen LogP) is 0.0835. The Balaban J connectivity index is 0. The summed E-state index contributed by atoms with van der Waals surface area (Å²) in [7, 11) is -4.64. The van der Waals surface area contributed by atoms with Crippen LogP contribution in [0.15, 0.2) is 11.3 Å². The van der Waals surface area contributed by atoms with E-state index in [0.717, 1.165) is 6.92 Å². The van der Waals surface area contributed by atoms with Crippen molar-refractivity contribution in [2.45, 2.75) is 30.9 Å². The van der Waals surface area contributed by atoms with Crippen LogP contribution in [0.4, 0.5) is 0 Å². The molecule has 0 radical (unpaired) electrons. The summed E-state index contributed by atoms with van der Waals surface area (Å²) in [4.78, 5) is 23.8. The minimum Gasteiger partial charge on any atom is -1.00 e. The topological polar surface area (TPSA) is 97.7 Å². The first-order chi connectivity index (χ1) is 7.77. The summed E-state index contributed by atoms with van der Waals surface area (Å²) < 4.78 is 34.6. The summed E-state index contributed by atoms with van der Waals surface area (Å²) >= 11 is 0. The Morgan fingerprint density at radius 3 is 2.56 bits per heavy atom. The van der Waals surface area contributed by atoms with Crippen molar-refractivity contribution in [2.24, 2.45) is 0 Å². The minimum atomic E-state index is -4.64. The van der Waals surface area contributed by atoms with Crippen LogP contribution >= 0.6 is 0 Å². The molecule has 1 heterocycles. The van der Waals surface area contributed by atoms with Gasteiger partial charge in [-0.15, -0.1) is 0 Å². The molecule has 0 bridgehead atoms. The molecule has 1 aliphatic heterocycles.